The standard InChI is InChI=1S/C15H16ClN5/c1-15(2,17)12-7-11-13(18-8-19-14(11)21-12)20-10-5-3-4-9(16)6-10/h3-8H,17H2,1-2H3,(H2,18,19,20,21). The summed E-state index contributed by atoms with van der Waals surface area (Å²) in [6.07, 6.45) is 1.51. The maximum atomic E-state index is 6.13. The highest BCUT2D eigenvalue weighted by Crippen LogP contribution is 2.27. The molecule has 5 nitrogen and oxygen atoms in total. The Morgan fingerprint density at radius 1 is 1.24 bits per heavy atom. The second kappa shape index (κ2) is 5.02. The molecule has 0 aliphatic rings. The van der Waals surface area contributed by atoms with E-state index in [4.69, 9.17) is 17.3 Å². The van der Waals surface area contributed by atoms with Gasteiger partial charge in [-0.2, -0.15) is 0 Å². The van der Waals surface area contributed by atoms with Gasteiger partial charge in [0.2, 0.25) is 0 Å². The van der Waals surface area contributed by atoms with E-state index in [2.05, 4.69) is 20.3 Å². The first kappa shape index (κ1) is 13.9. The third kappa shape index (κ3) is 2.84. The van der Waals surface area contributed by atoms with Crippen molar-refractivity contribution in [2.24, 2.45) is 5.73 Å². The van der Waals surface area contributed by atoms with E-state index < -0.39 is 5.54 Å². The van der Waals surface area contributed by atoms with Crippen molar-refractivity contribution in [2.45, 2.75) is 19.4 Å². The number of rotatable bonds is 3. The van der Waals surface area contributed by atoms with E-state index in [0.717, 1.165) is 22.4 Å². The fourth-order valence-electron chi connectivity index (χ4n) is 2.09. The molecule has 21 heavy (non-hydrogen) atoms. The molecule has 0 aliphatic carbocycles. The van der Waals surface area contributed by atoms with Crippen molar-refractivity contribution in [2.75, 3.05) is 5.32 Å². The maximum absolute atomic E-state index is 6.13. The molecule has 0 amide bonds. The number of nitrogens with two attached hydrogens (primary N) is 1. The molecule has 0 fully saturated rings. The lowest BCUT2D eigenvalue weighted by atomic mass is 10.0. The molecule has 6 heteroatoms. The van der Waals surface area contributed by atoms with E-state index >= 15 is 0 Å². The first-order valence-corrected chi connectivity index (χ1v) is 6.97. The number of hydrogen-bond acceptors (Lipinski definition) is 4. The predicted molar refractivity (Wildman–Crippen MR) is 85.8 cm³/mol. The van der Waals surface area contributed by atoms with Gasteiger partial charge in [-0.3, -0.25) is 0 Å². The molecule has 2 heterocycles. The number of nitrogens with one attached hydrogen (secondary N) is 2. The van der Waals surface area contributed by atoms with Crippen molar-refractivity contribution in [3.63, 3.8) is 0 Å². The molecule has 0 atom stereocenters. The smallest absolute Gasteiger partial charge is 0.143 e. The quantitative estimate of drug-likeness (QED) is 0.691. The van der Waals surface area contributed by atoms with Gasteiger partial charge in [0.15, 0.2) is 0 Å². The van der Waals surface area contributed by atoms with Gasteiger partial charge in [-0.15, -0.1) is 0 Å². The molecular weight excluding hydrogens is 286 g/mol. The summed E-state index contributed by atoms with van der Waals surface area (Å²) in [5.74, 6) is 0.717. The van der Waals surface area contributed by atoms with Crippen LogP contribution in [-0.4, -0.2) is 15.0 Å². The van der Waals surface area contributed by atoms with Crippen LogP contribution in [-0.2, 0) is 5.54 Å². The Kier molecular flexibility index (Phi) is 3.31. The van der Waals surface area contributed by atoms with Crippen molar-refractivity contribution in [3.05, 3.63) is 47.4 Å². The molecule has 4 N–H and O–H groups in total. The van der Waals surface area contributed by atoms with Crippen LogP contribution in [0.15, 0.2) is 36.7 Å². The lowest BCUT2D eigenvalue weighted by molar-refractivity contribution is 0.539. The second-order valence-electron chi connectivity index (χ2n) is 5.52. The summed E-state index contributed by atoms with van der Waals surface area (Å²) in [5.41, 5.74) is 8.20. The van der Waals surface area contributed by atoms with Crippen LogP contribution >= 0.6 is 11.6 Å². The highest BCUT2D eigenvalue weighted by Gasteiger charge is 2.18. The van der Waals surface area contributed by atoms with Crippen LogP contribution in [0.3, 0.4) is 0 Å². The number of aromatic nitrogens is 3. The normalized spacial score (nSPS) is 11.8. The van der Waals surface area contributed by atoms with Crippen LogP contribution in [0.5, 0.6) is 0 Å². The molecule has 0 aliphatic heterocycles. The molecule has 0 bridgehead atoms. The van der Waals surface area contributed by atoms with Crippen molar-refractivity contribution in [1.29, 1.82) is 0 Å². The number of H-pyrrole nitrogens is 1. The van der Waals surface area contributed by atoms with E-state index in [1.807, 2.05) is 44.2 Å². The van der Waals surface area contributed by atoms with Crippen LogP contribution in [0.4, 0.5) is 11.5 Å². The second-order valence-corrected chi connectivity index (χ2v) is 5.96. The van der Waals surface area contributed by atoms with E-state index in [1.165, 1.54) is 6.33 Å². The fraction of sp³-hybridized carbons (Fsp3) is 0.200. The van der Waals surface area contributed by atoms with Gasteiger partial charge in [0.25, 0.3) is 0 Å². The van der Waals surface area contributed by atoms with Crippen molar-refractivity contribution >= 4 is 34.1 Å². The largest absolute Gasteiger partial charge is 0.341 e. The number of aromatic amines is 1. The van der Waals surface area contributed by atoms with Gasteiger partial charge in [-0.05, 0) is 38.1 Å². The van der Waals surface area contributed by atoms with Gasteiger partial charge in [-0.1, -0.05) is 17.7 Å². The van der Waals surface area contributed by atoms with Gasteiger partial charge in [0, 0.05) is 16.4 Å². The minimum atomic E-state index is -0.464. The molecule has 0 spiro atoms. The molecule has 0 saturated carbocycles. The van der Waals surface area contributed by atoms with Crippen molar-refractivity contribution in [3.8, 4) is 0 Å². The molecule has 0 unspecified atom stereocenters. The first-order chi connectivity index (χ1) is 9.93. The van der Waals surface area contributed by atoms with Gasteiger partial charge in [-0.25, -0.2) is 9.97 Å². The fourth-order valence-corrected chi connectivity index (χ4v) is 2.28. The van der Waals surface area contributed by atoms with Crippen LogP contribution in [0.2, 0.25) is 5.02 Å². The summed E-state index contributed by atoms with van der Waals surface area (Å²) in [5, 5.41) is 4.82. The molecule has 108 valence electrons. The molecule has 2 aromatic heterocycles. The Labute approximate surface area is 127 Å². The van der Waals surface area contributed by atoms with E-state index in [-0.39, 0.29) is 0 Å². The van der Waals surface area contributed by atoms with Gasteiger partial charge in [0.1, 0.15) is 17.8 Å². The van der Waals surface area contributed by atoms with Gasteiger partial charge < -0.3 is 16.0 Å². The Bertz CT molecular complexity index is 788. The number of fused-ring (bicyclic) bond motifs is 1. The summed E-state index contributed by atoms with van der Waals surface area (Å²) in [4.78, 5) is 11.8. The lowest BCUT2D eigenvalue weighted by Gasteiger charge is -2.15. The van der Waals surface area contributed by atoms with E-state index in [0.29, 0.717) is 10.8 Å². The monoisotopic (exact) mass is 301 g/mol. The van der Waals surface area contributed by atoms with Crippen LogP contribution in [0.25, 0.3) is 11.0 Å². The summed E-state index contributed by atoms with van der Waals surface area (Å²) < 4.78 is 0. The average Bonchev–Trinajstić information content (AvgIpc) is 2.84. The minimum Gasteiger partial charge on any atom is -0.341 e. The molecule has 0 radical (unpaired) electrons. The van der Waals surface area contributed by atoms with E-state index in [9.17, 15) is 0 Å². The average molecular weight is 302 g/mol. The van der Waals surface area contributed by atoms with Crippen molar-refractivity contribution < 1.29 is 0 Å². The maximum Gasteiger partial charge on any atom is 0.143 e. The van der Waals surface area contributed by atoms with Gasteiger partial charge in [0.05, 0.1) is 10.9 Å². The number of halogens is 1. The van der Waals surface area contributed by atoms with Crippen molar-refractivity contribution in [1.82, 2.24) is 15.0 Å². The first-order valence-electron chi connectivity index (χ1n) is 6.59. The Morgan fingerprint density at radius 3 is 2.76 bits per heavy atom. The third-order valence-electron chi connectivity index (χ3n) is 3.21. The zero-order valence-electron chi connectivity index (χ0n) is 11.8. The number of hydrogen-bond donors (Lipinski definition) is 3. The Balaban J connectivity index is 2.04. The number of nitrogens with zero attached hydrogens (tertiary/aromatic N) is 2. The highest BCUT2D eigenvalue weighted by atomic mass is 35.5. The third-order valence-corrected chi connectivity index (χ3v) is 3.44. The summed E-state index contributed by atoms with van der Waals surface area (Å²) in [7, 11) is 0. The van der Waals surface area contributed by atoms with Crippen LogP contribution in [0, 0.1) is 0 Å². The Morgan fingerprint density at radius 2 is 2.05 bits per heavy atom. The molecular formula is C15H16ClN5. The molecule has 3 aromatic rings. The summed E-state index contributed by atoms with van der Waals surface area (Å²) >= 11 is 6.00. The molecule has 0 saturated heterocycles. The number of benzene rings is 1. The minimum absolute atomic E-state index is 0.464. The summed E-state index contributed by atoms with van der Waals surface area (Å²) in [6, 6.07) is 9.46. The lowest BCUT2D eigenvalue weighted by Crippen LogP contribution is -2.28. The van der Waals surface area contributed by atoms with Gasteiger partial charge >= 0.3 is 0 Å². The summed E-state index contributed by atoms with van der Waals surface area (Å²) in [6.45, 7) is 3.88. The Hall–Kier alpha value is -2.11. The molecule has 3 rings (SSSR count). The molecule has 1 aromatic carbocycles. The topological polar surface area (TPSA) is 79.6 Å². The zero-order chi connectivity index (χ0) is 15.0. The SMILES string of the molecule is CC(C)(N)c1cc2c(Nc3cccc(Cl)c3)ncnc2[nH]1. The van der Waals surface area contributed by atoms with Crippen LogP contribution < -0.4 is 11.1 Å². The van der Waals surface area contributed by atoms with Crippen LogP contribution in [0.1, 0.15) is 19.5 Å². The predicted octanol–water partition coefficient (Wildman–Crippen LogP) is 3.55. The highest BCUT2D eigenvalue weighted by molar-refractivity contribution is 6.30. The van der Waals surface area contributed by atoms with E-state index in [1.54, 1.807) is 0 Å². The number of anilines is 2. The zero-order valence-corrected chi connectivity index (χ0v) is 12.6.